The molecule has 4 heteroatoms. The van der Waals surface area contributed by atoms with Crippen LogP contribution in [0.15, 0.2) is 12.4 Å². The zero-order chi connectivity index (χ0) is 16.2. The highest BCUT2D eigenvalue weighted by Gasteiger charge is 2.54. The predicted octanol–water partition coefficient (Wildman–Crippen LogP) is 4.26. The second-order valence-corrected chi connectivity index (χ2v) is 12.9. The van der Waals surface area contributed by atoms with Crippen LogP contribution in [-0.2, 0) is 0 Å². The summed E-state index contributed by atoms with van der Waals surface area (Å²) in [5.74, 6) is 3.03. The van der Waals surface area contributed by atoms with Gasteiger partial charge in [-0.25, -0.2) is 0 Å². The van der Waals surface area contributed by atoms with Crippen LogP contribution in [0.5, 0.6) is 0 Å². The molecule has 0 aromatic carbocycles. The minimum absolute atomic E-state index is 0.0868. The van der Waals surface area contributed by atoms with Gasteiger partial charge in [-0.1, -0.05) is 27.4 Å². The minimum atomic E-state index is 0.0868. The maximum Gasteiger partial charge on any atom is 0.207 e. The normalized spacial score (nSPS) is 40.1. The van der Waals surface area contributed by atoms with Crippen LogP contribution in [0.3, 0.4) is 0 Å². The van der Waals surface area contributed by atoms with E-state index in [1.54, 1.807) is 0 Å². The Bertz CT molecular complexity index is 449. The fourth-order valence-corrected chi connectivity index (χ4v) is 6.88. The highest BCUT2D eigenvalue weighted by atomic mass is 31.1. The highest BCUT2D eigenvalue weighted by Crippen LogP contribution is 2.58. The van der Waals surface area contributed by atoms with Gasteiger partial charge in [-0.2, -0.15) is 0 Å². The average Bonchev–Trinajstić information content (AvgIpc) is 2.91. The van der Waals surface area contributed by atoms with E-state index in [0.29, 0.717) is 10.7 Å². The molecular weight excluding hydrogens is 298 g/mol. The van der Waals surface area contributed by atoms with Gasteiger partial charge in [-0.05, 0) is 67.9 Å². The molecule has 4 fully saturated rings. The number of hydrogen-bond donors (Lipinski definition) is 0. The minimum Gasteiger partial charge on any atom is -0.354 e. The molecule has 4 bridgehead atoms. The first-order valence-corrected chi connectivity index (χ1v) is 11.5. The van der Waals surface area contributed by atoms with E-state index >= 15 is 0 Å². The lowest BCUT2D eigenvalue weighted by Gasteiger charge is -2.59. The Balaban J connectivity index is 1.35. The summed E-state index contributed by atoms with van der Waals surface area (Å²) in [4.78, 5) is 4.84. The number of rotatable bonds is 4. The molecular formula is C19H32BN2P. The van der Waals surface area contributed by atoms with Crippen molar-refractivity contribution in [3.63, 3.8) is 0 Å². The van der Waals surface area contributed by atoms with Crippen LogP contribution in [0.4, 0.5) is 0 Å². The highest BCUT2D eigenvalue weighted by molar-refractivity contribution is 7.86. The third kappa shape index (κ3) is 3.08. The van der Waals surface area contributed by atoms with Gasteiger partial charge in [0.2, 0.25) is 6.67 Å². The third-order valence-electron chi connectivity index (χ3n) is 6.97. The molecule has 0 amide bonds. The van der Waals surface area contributed by atoms with E-state index in [2.05, 4.69) is 56.3 Å². The molecule has 126 valence electrons. The molecule has 5 aliphatic rings. The molecule has 2 nitrogen and oxygen atoms in total. The molecule has 1 heterocycles. The van der Waals surface area contributed by atoms with Gasteiger partial charge >= 0.3 is 0 Å². The number of hydrogen-bond acceptors (Lipinski definition) is 2. The van der Waals surface area contributed by atoms with Gasteiger partial charge in [0.1, 0.15) is 0 Å². The molecule has 1 atom stereocenters. The van der Waals surface area contributed by atoms with Crippen LogP contribution in [0.1, 0.15) is 59.3 Å². The summed E-state index contributed by atoms with van der Waals surface area (Å²) >= 11 is 0. The molecule has 2 radical (unpaired) electrons. The van der Waals surface area contributed by atoms with Crippen molar-refractivity contribution >= 4 is 14.8 Å². The summed E-state index contributed by atoms with van der Waals surface area (Å²) < 4.78 is 0. The average molecular weight is 330 g/mol. The van der Waals surface area contributed by atoms with E-state index in [-0.39, 0.29) is 7.80 Å². The maximum atomic E-state index is 3.72. The van der Waals surface area contributed by atoms with Gasteiger partial charge in [0.25, 0.3) is 0 Å². The van der Waals surface area contributed by atoms with Crippen molar-refractivity contribution in [2.75, 3.05) is 13.1 Å². The summed E-state index contributed by atoms with van der Waals surface area (Å²) in [6, 6.07) is 0. The van der Waals surface area contributed by atoms with Crippen molar-refractivity contribution in [1.29, 1.82) is 0 Å². The zero-order valence-electron chi connectivity index (χ0n) is 15.4. The van der Waals surface area contributed by atoms with Crippen molar-refractivity contribution in [1.82, 2.24) is 9.80 Å². The second kappa shape index (κ2) is 5.68. The molecule has 4 aliphatic carbocycles. The summed E-state index contributed by atoms with van der Waals surface area (Å²) in [6.07, 6.45) is 14.6. The van der Waals surface area contributed by atoms with Crippen LogP contribution in [0.25, 0.3) is 0 Å². The van der Waals surface area contributed by atoms with Crippen LogP contribution in [0.2, 0.25) is 0 Å². The smallest absolute Gasteiger partial charge is 0.207 e. The maximum absolute atomic E-state index is 3.72. The lowest BCUT2D eigenvalue weighted by atomic mass is 9.52. The van der Waals surface area contributed by atoms with E-state index in [0.717, 1.165) is 24.2 Å². The van der Waals surface area contributed by atoms with Gasteiger partial charge in [-0.15, -0.1) is 7.80 Å². The fraction of sp³-hybridized carbons (Fsp3) is 0.842. The largest absolute Gasteiger partial charge is 0.354 e. The van der Waals surface area contributed by atoms with Gasteiger partial charge in [0.15, 0.2) is 7.00 Å². The van der Waals surface area contributed by atoms with Crippen molar-refractivity contribution in [3.05, 3.63) is 19.1 Å². The Labute approximate surface area is 145 Å². The molecule has 4 saturated carbocycles. The molecule has 0 saturated heterocycles. The lowest BCUT2D eigenvalue weighted by molar-refractivity contribution is -0.0633. The van der Waals surface area contributed by atoms with E-state index in [1.165, 1.54) is 45.5 Å². The lowest BCUT2D eigenvalue weighted by Crippen LogP contribution is -2.57. The molecule has 5 rings (SSSR count). The van der Waals surface area contributed by atoms with Crippen molar-refractivity contribution in [3.8, 4) is 0 Å². The molecule has 0 aromatic heterocycles. The van der Waals surface area contributed by atoms with Crippen LogP contribution in [0, 0.1) is 24.4 Å². The quantitative estimate of drug-likeness (QED) is 0.561. The molecule has 0 aromatic rings. The Hall–Kier alpha value is -0.165. The molecule has 0 spiro atoms. The Morgan fingerprint density at radius 2 is 1.65 bits per heavy atom. The van der Waals surface area contributed by atoms with Crippen LogP contribution >= 0.6 is 7.80 Å². The molecule has 23 heavy (non-hydrogen) atoms. The Kier molecular flexibility index (Phi) is 4.03. The molecule has 1 aliphatic heterocycles. The third-order valence-corrected chi connectivity index (χ3v) is 10.1. The predicted molar refractivity (Wildman–Crippen MR) is 102 cm³/mol. The van der Waals surface area contributed by atoms with E-state index in [1.807, 2.05) is 0 Å². The zero-order valence-corrected chi connectivity index (χ0v) is 16.3. The topological polar surface area (TPSA) is 6.48 Å². The summed E-state index contributed by atoms with van der Waals surface area (Å²) in [7, 11) is 0.0868. The van der Waals surface area contributed by atoms with E-state index < -0.39 is 0 Å². The standard InChI is InChI=1S/C19H32BN2P/c1-18(2,3)23(4)20-13-21-5-6-22(14-21)19-10-15-7-16(11-19)9-17(8-15)12-19/h5-6,15-17,20H,7-13H2,1-4H3. The molecule has 0 N–H and O–H groups in total. The summed E-state index contributed by atoms with van der Waals surface area (Å²) in [5, 5.41) is 0.471. The van der Waals surface area contributed by atoms with Crippen molar-refractivity contribution in [2.24, 2.45) is 17.8 Å². The van der Waals surface area contributed by atoms with E-state index in [4.69, 9.17) is 0 Å². The fourth-order valence-electron chi connectivity index (χ4n) is 5.69. The first kappa shape index (κ1) is 16.3. The summed E-state index contributed by atoms with van der Waals surface area (Å²) in [5.41, 5.74) is 0.432. The molecule has 1 unspecified atom stereocenters. The van der Waals surface area contributed by atoms with Crippen molar-refractivity contribution < 1.29 is 0 Å². The van der Waals surface area contributed by atoms with Gasteiger partial charge in [-0.3, -0.25) is 0 Å². The van der Waals surface area contributed by atoms with Crippen molar-refractivity contribution in [2.45, 2.75) is 70.0 Å². The van der Waals surface area contributed by atoms with Gasteiger partial charge in [0, 0.05) is 17.9 Å². The van der Waals surface area contributed by atoms with Crippen LogP contribution < -0.4 is 0 Å². The first-order valence-electron chi connectivity index (χ1n) is 9.56. The van der Waals surface area contributed by atoms with Gasteiger partial charge in [0.05, 0.1) is 0 Å². The Morgan fingerprint density at radius 1 is 1.09 bits per heavy atom. The number of nitrogens with zero attached hydrogens (tertiary/aromatic N) is 2. The SMILES string of the molecule is CP(BCN1[C]N(C23CC4CC(CC(C4)C2)C3)C=C1)C(C)(C)C. The monoisotopic (exact) mass is 330 g/mol. The summed E-state index contributed by atoms with van der Waals surface area (Å²) in [6.45, 7) is 14.6. The Morgan fingerprint density at radius 3 is 2.17 bits per heavy atom. The first-order chi connectivity index (χ1) is 10.8. The van der Waals surface area contributed by atoms with Crippen LogP contribution in [-0.4, -0.2) is 40.6 Å². The second-order valence-electron chi connectivity index (χ2n) is 9.70. The van der Waals surface area contributed by atoms with Gasteiger partial charge < -0.3 is 9.80 Å². The van der Waals surface area contributed by atoms with E-state index in [9.17, 15) is 0 Å².